The van der Waals surface area contributed by atoms with E-state index in [0.717, 1.165) is 55.0 Å². The molecule has 0 aliphatic rings. The highest BCUT2D eigenvalue weighted by molar-refractivity contribution is 6.18. The molecule has 0 fully saturated rings. The normalized spacial score (nSPS) is 13.5. The SMILES string of the molecule is [2H]C([2H])([2H])c1ccc(-c2nc3ccccc3n2-c2c(C(C)C)cc(-c3c(C(C)C)cc(C(C)C)cc3C(C)C)cc2C(C)C)c2oc3cc4c(ccc5ccccc54)cc3c12. The lowest BCUT2D eigenvalue weighted by Gasteiger charge is -2.27. The lowest BCUT2D eigenvalue weighted by Crippen LogP contribution is -2.10. The molecule has 3 heteroatoms. The molecule has 0 atom stereocenters. The number of aryl methyl sites for hydroxylation is 1. The van der Waals surface area contributed by atoms with Gasteiger partial charge < -0.3 is 4.42 Å². The highest BCUT2D eigenvalue weighted by atomic mass is 16.3. The van der Waals surface area contributed by atoms with Crippen LogP contribution in [0.4, 0.5) is 0 Å². The number of fused-ring (bicyclic) bond motifs is 7. The van der Waals surface area contributed by atoms with Gasteiger partial charge in [-0.05, 0) is 145 Å². The summed E-state index contributed by atoms with van der Waals surface area (Å²) < 4.78 is 35.4. The molecular weight excluding hydrogens is 705 g/mol. The third kappa shape index (κ3) is 6.05. The van der Waals surface area contributed by atoms with Crippen LogP contribution in [-0.4, -0.2) is 9.55 Å². The zero-order valence-corrected chi connectivity index (χ0v) is 35.6. The van der Waals surface area contributed by atoms with Crippen LogP contribution >= 0.6 is 0 Å². The average Bonchev–Trinajstić information content (AvgIpc) is 3.79. The molecule has 9 aromatic rings. The van der Waals surface area contributed by atoms with Crippen LogP contribution in [0, 0.1) is 6.85 Å². The minimum Gasteiger partial charge on any atom is -0.455 e. The van der Waals surface area contributed by atoms with Crippen LogP contribution in [0.5, 0.6) is 0 Å². The molecule has 0 unspecified atom stereocenters. The summed E-state index contributed by atoms with van der Waals surface area (Å²) in [5.74, 6) is 2.20. The van der Waals surface area contributed by atoms with E-state index < -0.39 is 6.85 Å². The summed E-state index contributed by atoms with van der Waals surface area (Å²) in [7, 11) is 0. The van der Waals surface area contributed by atoms with E-state index in [-0.39, 0.29) is 17.4 Å². The molecule has 2 aromatic heterocycles. The number of aromatic nitrogens is 2. The number of nitrogens with zero attached hydrogens (tertiary/aromatic N) is 2. The van der Waals surface area contributed by atoms with Crippen molar-refractivity contribution in [2.45, 2.75) is 106 Å². The monoisotopic (exact) mass is 763 g/mol. The second-order valence-corrected chi connectivity index (χ2v) is 17.9. The van der Waals surface area contributed by atoms with Crippen molar-refractivity contribution in [3.05, 3.63) is 143 Å². The summed E-state index contributed by atoms with van der Waals surface area (Å²) in [5.41, 5.74) is 14.4. The Kier molecular flexibility index (Phi) is 8.48. The molecule has 0 spiro atoms. The topological polar surface area (TPSA) is 31.0 Å². The van der Waals surface area contributed by atoms with Crippen molar-refractivity contribution in [3.8, 4) is 28.2 Å². The molecule has 2 heterocycles. The molecule has 0 saturated heterocycles. The number of rotatable bonds is 8. The quantitative estimate of drug-likeness (QED) is 0.144. The Morgan fingerprint density at radius 1 is 0.569 bits per heavy atom. The third-order valence-electron chi connectivity index (χ3n) is 12.3. The Labute approximate surface area is 347 Å². The minimum atomic E-state index is -2.37. The fourth-order valence-electron chi connectivity index (χ4n) is 9.24. The molecule has 0 aliphatic carbocycles. The van der Waals surface area contributed by atoms with Crippen LogP contribution in [0.25, 0.3) is 82.7 Å². The Morgan fingerprint density at radius 2 is 1.21 bits per heavy atom. The maximum Gasteiger partial charge on any atom is 0.149 e. The number of furan rings is 1. The van der Waals surface area contributed by atoms with Gasteiger partial charge in [-0.1, -0.05) is 136 Å². The minimum absolute atomic E-state index is 0.174. The predicted octanol–water partition coefficient (Wildman–Crippen LogP) is 16.5. The maximum absolute atomic E-state index is 8.71. The third-order valence-corrected chi connectivity index (χ3v) is 12.3. The van der Waals surface area contributed by atoms with Crippen LogP contribution < -0.4 is 0 Å². The summed E-state index contributed by atoms with van der Waals surface area (Å²) >= 11 is 0. The summed E-state index contributed by atoms with van der Waals surface area (Å²) in [6.07, 6.45) is 0. The van der Waals surface area contributed by atoms with Gasteiger partial charge >= 0.3 is 0 Å². The fourth-order valence-corrected chi connectivity index (χ4v) is 9.24. The zero-order chi connectivity index (χ0) is 43.2. The fraction of sp³-hybridized carbons (Fsp3) is 0.291. The van der Waals surface area contributed by atoms with E-state index in [4.69, 9.17) is 13.5 Å². The van der Waals surface area contributed by atoms with Crippen molar-refractivity contribution in [2.24, 2.45) is 0 Å². The van der Waals surface area contributed by atoms with Gasteiger partial charge in [-0.15, -0.1) is 0 Å². The number of hydrogen-bond acceptors (Lipinski definition) is 2. The van der Waals surface area contributed by atoms with Crippen LogP contribution in [0.3, 0.4) is 0 Å². The molecule has 0 amide bonds. The molecule has 7 aromatic carbocycles. The highest BCUT2D eigenvalue weighted by Crippen LogP contribution is 2.46. The van der Waals surface area contributed by atoms with E-state index in [9.17, 15) is 0 Å². The molecule has 0 bridgehead atoms. The van der Waals surface area contributed by atoms with Crippen LogP contribution in [0.15, 0.2) is 114 Å². The Balaban J connectivity index is 1.38. The number of imidazole rings is 1. The van der Waals surface area contributed by atoms with Gasteiger partial charge in [-0.2, -0.15) is 0 Å². The van der Waals surface area contributed by atoms with Crippen molar-refractivity contribution in [1.82, 2.24) is 9.55 Å². The Bertz CT molecular complexity index is 3120. The van der Waals surface area contributed by atoms with Crippen molar-refractivity contribution >= 4 is 54.5 Å². The first-order valence-corrected chi connectivity index (χ1v) is 21.2. The van der Waals surface area contributed by atoms with Crippen molar-refractivity contribution < 1.29 is 8.53 Å². The molecule has 0 N–H and O–H groups in total. The number of hydrogen-bond donors (Lipinski definition) is 0. The molecule has 292 valence electrons. The van der Waals surface area contributed by atoms with Crippen LogP contribution in [-0.2, 0) is 0 Å². The molecule has 58 heavy (non-hydrogen) atoms. The lowest BCUT2D eigenvalue weighted by atomic mass is 9.79. The van der Waals surface area contributed by atoms with Gasteiger partial charge in [-0.25, -0.2) is 4.98 Å². The molecule has 0 saturated carbocycles. The van der Waals surface area contributed by atoms with Crippen LogP contribution in [0.1, 0.15) is 136 Å². The van der Waals surface area contributed by atoms with Crippen LogP contribution in [0.2, 0.25) is 0 Å². The first kappa shape index (κ1) is 34.4. The van der Waals surface area contributed by atoms with E-state index in [1.54, 1.807) is 6.07 Å². The van der Waals surface area contributed by atoms with Crippen molar-refractivity contribution in [2.75, 3.05) is 0 Å². The molecule has 0 radical (unpaired) electrons. The Hall–Kier alpha value is -5.67. The standard InChI is InChI=1S/C55H56N2O/c1-30(2)38-25-42(31(3)4)52(43(26-38)32(5)6)39-27-44(33(7)8)53(45(28-39)34(9)10)57-49-19-15-14-18-48(49)56-55(57)41-23-20-35(11)51-47-24-37-22-21-36-16-12-13-17-40(36)46(37)29-50(47)58-54(41)51/h12-34H,1-11H3/i11D3. The number of benzene rings is 7. The zero-order valence-electron chi connectivity index (χ0n) is 38.6. The highest BCUT2D eigenvalue weighted by Gasteiger charge is 2.28. The second kappa shape index (κ2) is 14.3. The van der Waals surface area contributed by atoms with Gasteiger partial charge in [0.1, 0.15) is 17.0 Å². The van der Waals surface area contributed by atoms with E-state index in [2.05, 4.69) is 159 Å². The summed E-state index contributed by atoms with van der Waals surface area (Å²) in [6.45, 7) is 20.6. The lowest BCUT2D eigenvalue weighted by molar-refractivity contribution is 0.670. The average molecular weight is 764 g/mol. The van der Waals surface area contributed by atoms with Gasteiger partial charge in [0.2, 0.25) is 0 Å². The van der Waals surface area contributed by atoms with E-state index in [1.807, 2.05) is 18.2 Å². The van der Waals surface area contributed by atoms with Gasteiger partial charge in [0, 0.05) is 14.9 Å². The first-order valence-electron chi connectivity index (χ1n) is 22.7. The van der Waals surface area contributed by atoms with Gasteiger partial charge in [0.25, 0.3) is 0 Å². The van der Waals surface area contributed by atoms with Gasteiger partial charge in [0.05, 0.1) is 22.3 Å². The van der Waals surface area contributed by atoms with E-state index in [1.165, 1.54) is 38.9 Å². The molecule has 3 nitrogen and oxygen atoms in total. The summed E-state index contributed by atoms with van der Waals surface area (Å²) in [6, 6.07) is 38.6. The predicted molar refractivity (Wildman–Crippen MR) is 249 cm³/mol. The van der Waals surface area contributed by atoms with Crippen molar-refractivity contribution in [3.63, 3.8) is 0 Å². The summed E-state index contributed by atoms with van der Waals surface area (Å²) in [5, 5.41) is 5.77. The van der Waals surface area contributed by atoms with Crippen molar-refractivity contribution in [1.29, 1.82) is 0 Å². The molecular formula is C55H56N2O. The largest absolute Gasteiger partial charge is 0.455 e. The molecule has 0 aliphatic heterocycles. The smallest absolute Gasteiger partial charge is 0.149 e. The number of para-hydroxylation sites is 2. The maximum atomic E-state index is 8.71. The Morgan fingerprint density at radius 3 is 1.86 bits per heavy atom. The van der Waals surface area contributed by atoms with E-state index in [0.29, 0.717) is 34.3 Å². The van der Waals surface area contributed by atoms with Gasteiger partial charge in [0.15, 0.2) is 0 Å². The van der Waals surface area contributed by atoms with Gasteiger partial charge in [-0.3, -0.25) is 4.57 Å². The molecule has 9 rings (SSSR count). The summed E-state index contributed by atoms with van der Waals surface area (Å²) in [4.78, 5) is 5.41. The second-order valence-electron chi connectivity index (χ2n) is 17.9. The van der Waals surface area contributed by atoms with E-state index >= 15 is 0 Å². The first-order chi connectivity index (χ1) is 29.0.